The van der Waals surface area contributed by atoms with Crippen LogP contribution < -0.4 is 10.6 Å². The van der Waals surface area contributed by atoms with Gasteiger partial charge in [0.05, 0.1) is 17.8 Å². The maximum atomic E-state index is 12.9. The summed E-state index contributed by atoms with van der Waals surface area (Å²) in [6, 6.07) is 24.4. The maximum absolute atomic E-state index is 12.9. The highest BCUT2D eigenvalue weighted by Crippen LogP contribution is 2.41. The molecule has 194 valence electrons. The summed E-state index contributed by atoms with van der Waals surface area (Å²) in [5.74, 6) is -0.0384. The molecule has 0 bridgehead atoms. The summed E-state index contributed by atoms with van der Waals surface area (Å²) >= 11 is 5.83. The molecular weight excluding hydrogens is 490 g/mol. The molecule has 6 nitrogen and oxygen atoms in total. The van der Waals surface area contributed by atoms with Gasteiger partial charge in [-0.25, -0.2) is 0 Å². The lowest BCUT2D eigenvalue weighted by Crippen LogP contribution is -2.32. The quantitative estimate of drug-likeness (QED) is 0.286. The lowest BCUT2D eigenvalue weighted by atomic mass is 9.96. The second-order valence-electron chi connectivity index (χ2n) is 9.99. The molecule has 1 amide bonds. The van der Waals surface area contributed by atoms with Crippen LogP contribution in [0.25, 0.3) is 5.69 Å². The van der Waals surface area contributed by atoms with Crippen LogP contribution in [0.3, 0.4) is 0 Å². The third-order valence-corrected chi connectivity index (χ3v) is 7.51. The Morgan fingerprint density at radius 2 is 1.76 bits per heavy atom. The van der Waals surface area contributed by atoms with Crippen LogP contribution in [-0.2, 0) is 4.79 Å². The summed E-state index contributed by atoms with van der Waals surface area (Å²) in [4.78, 5) is 19.7. The van der Waals surface area contributed by atoms with E-state index in [1.165, 1.54) is 11.1 Å². The molecule has 2 aromatic carbocycles. The molecule has 4 aromatic rings. The Balaban J connectivity index is 1.46. The van der Waals surface area contributed by atoms with E-state index >= 15 is 0 Å². The van der Waals surface area contributed by atoms with Crippen LogP contribution in [-0.4, -0.2) is 32.0 Å². The molecule has 1 aliphatic rings. The summed E-state index contributed by atoms with van der Waals surface area (Å²) in [6.07, 6.45) is 2.13. The molecule has 1 saturated heterocycles. The van der Waals surface area contributed by atoms with Gasteiger partial charge in [-0.2, -0.15) is 0 Å². The van der Waals surface area contributed by atoms with Gasteiger partial charge in [-0.1, -0.05) is 35.9 Å². The summed E-state index contributed by atoms with van der Waals surface area (Å²) in [7, 11) is 0. The maximum Gasteiger partial charge on any atom is 0.226 e. The van der Waals surface area contributed by atoms with E-state index in [1.807, 2.05) is 55.6 Å². The minimum Gasteiger partial charge on any atom is -0.352 e. The number of aromatic nitrogens is 2. The lowest BCUT2D eigenvalue weighted by Gasteiger charge is -2.28. The number of anilines is 1. The van der Waals surface area contributed by atoms with Crippen LogP contribution in [0.1, 0.15) is 52.3 Å². The number of nitrogens with one attached hydrogen (secondary N) is 2. The van der Waals surface area contributed by atoms with Gasteiger partial charge >= 0.3 is 0 Å². The number of hydrogen-bond acceptors (Lipinski definition) is 3. The first-order valence-electron chi connectivity index (χ1n) is 12.9. The summed E-state index contributed by atoms with van der Waals surface area (Å²) in [5.41, 5.74) is 8.67. The average Bonchev–Trinajstić information content (AvgIpc) is 3.38. The van der Waals surface area contributed by atoms with E-state index in [9.17, 15) is 4.79 Å². The number of carbonyl (C=O) groups is 1. The molecule has 2 aromatic heterocycles. The topological polar surface area (TPSA) is 62.2 Å². The molecule has 0 aliphatic carbocycles. The van der Waals surface area contributed by atoms with Crippen molar-refractivity contribution in [3.63, 3.8) is 0 Å². The molecular formula is C31H33N5OS. The monoisotopic (exact) mass is 523 g/mol. The highest BCUT2D eigenvalue weighted by molar-refractivity contribution is 7.80. The van der Waals surface area contributed by atoms with Crippen molar-refractivity contribution in [2.24, 2.45) is 0 Å². The third-order valence-electron chi connectivity index (χ3n) is 7.16. The summed E-state index contributed by atoms with van der Waals surface area (Å²) < 4.78 is 2.29. The van der Waals surface area contributed by atoms with E-state index < -0.39 is 0 Å². The van der Waals surface area contributed by atoms with Crippen LogP contribution in [0.15, 0.2) is 79.0 Å². The molecule has 5 rings (SSSR count). The van der Waals surface area contributed by atoms with E-state index in [0.29, 0.717) is 18.1 Å². The zero-order valence-electron chi connectivity index (χ0n) is 22.2. The fraction of sp³-hybridized carbons (Fsp3) is 0.258. The predicted molar refractivity (Wildman–Crippen MR) is 157 cm³/mol. The number of rotatable bonds is 7. The van der Waals surface area contributed by atoms with Crippen molar-refractivity contribution in [2.45, 2.75) is 46.2 Å². The molecule has 38 heavy (non-hydrogen) atoms. The predicted octanol–water partition coefficient (Wildman–Crippen LogP) is 6.11. The second-order valence-corrected chi connectivity index (χ2v) is 10.4. The molecule has 2 N–H and O–H groups in total. The van der Waals surface area contributed by atoms with Gasteiger partial charge in [0.2, 0.25) is 5.91 Å². The van der Waals surface area contributed by atoms with E-state index in [1.54, 1.807) is 0 Å². The molecule has 1 aliphatic heterocycles. The van der Waals surface area contributed by atoms with Gasteiger partial charge in [0.25, 0.3) is 0 Å². The van der Waals surface area contributed by atoms with Crippen molar-refractivity contribution in [3.05, 3.63) is 113 Å². The number of carbonyl (C=O) groups excluding carboxylic acids is 1. The highest BCUT2D eigenvalue weighted by Gasteiger charge is 2.41. The number of nitrogens with zero attached hydrogens (tertiary/aromatic N) is 3. The number of hydrogen-bond donors (Lipinski definition) is 2. The first kappa shape index (κ1) is 25.7. The Bertz CT molecular complexity index is 1460. The number of aryl methyl sites for hydroxylation is 3. The van der Waals surface area contributed by atoms with Crippen molar-refractivity contribution in [3.8, 4) is 5.69 Å². The molecule has 1 fully saturated rings. The first-order valence-corrected chi connectivity index (χ1v) is 13.3. The minimum atomic E-state index is -0.129. The normalized spacial score (nSPS) is 16.9. The smallest absolute Gasteiger partial charge is 0.226 e. The lowest BCUT2D eigenvalue weighted by molar-refractivity contribution is -0.116. The molecule has 0 spiro atoms. The van der Waals surface area contributed by atoms with Crippen molar-refractivity contribution >= 4 is 28.9 Å². The van der Waals surface area contributed by atoms with Gasteiger partial charge in [0.15, 0.2) is 5.11 Å². The fourth-order valence-corrected chi connectivity index (χ4v) is 5.66. The zero-order valence-corrected chi connectivity index (χ0v) is 23.0. The van der Waals surface area contributed by atoms with Gasteiger partial charge in [-0.05, 0) is 93.5 Å². The molecule has 0 radical (unpaired) electrons. The van der Waals surface area contributed by atoms with Gasteiger partial charge < -0.3 is 20.1 Å². The van der Waals surface area contributed by atoms with Crippen molar-refractivity contribution < 1.29 is 4.79 Å². The van der Waals surface area contributed by atoms with Gasteiger partial charge in [-0.15, -0.1) is 0 Å². The average molecular weight is 524 g/mol. The van der Waals surface area contributed by atoms with Crippen LogP contribution in [0.4, 0.5) is 5.69 Å². The van der Waals surface area contributed by atoms with Gasteiger partial charge in [0, 0.05) is 41.9 Å². The largest absolute Gasteiger partial charge is 0.352 e. The van der Waals surface area contributed by atoms with Crippen LogP contribution in [0.5, 0.6) is 0 Å². The minimum absolute atomic E-state index is 0.0384. The van der Waals surface area contributed by atoms with Crippen LogP contribution in [0, 0.1) is 27.7 Å². The Kier molecular flexibility index (Phi) is 7.29. The van der Waals surface area contributed by atoms with Crippen molar-refractivity contribution in [2.75, 3.05) is 11.9 Å². The Labute approximate surface area is 229 Å². The zero-order chi connectivity index (χ0) is 26.8. The summed E-state index contributed by atoms with van der Waals surface area (Å²) in [6.45, 7) is 8.89. The third kappa shape index (κ3) is 5.20. The van der Waals surface area contributed by atoms with Crippen LogP contribution >= 0.6 is 12.2 Å². The molecule has 0 saturated carbocycles. The highest BCUT2D eigenvalue weighted by atomic mass is 32.1. The fourth-order valence-electron chi connectivity index (χ4n) is 5.33. The van der Waals surface area contributed by atoms with Gasteiger partial charge in [0.1, 0.15) is 0 Å². The van der Waals surface area contributed by atoms with Gasteiger partial charge in [-0.3, -0.25) is 9.78 Å². The second kappa shape index (κ2) is 10.8. The van der Waals surface area contributed by atoms with E-state index in [2.05, 4.69) is 76.2 Å². The van der Waals surface area contributed by atoms with E-state index in [-0.39, 0.29) is 18.0 Å². The van der Waals surface area contributed by atoms with Crippen molar-refractivity contribution in [1.82, 2.24) is 19.8 Å². The standard InChI is InChI=1S/C31H33N5OS/c1-20-11-13-25(14-12-20)36-22(3)19-26(23(36)4)30-29(27-10-5-6-16-32-27)34-31(38)35(30)17-15-28(37)33-24-9-7-8-21(2)18-24/h5-14,16,18-19,29-30H,15,17H2,1-4H3,(H,33,37)(H,34,38). The number of benzene rings is 2. The van der Waals surface area contributed by atoms with E-state index in [0.717, 1.165) is 34.0 Å². The molecule has 3 heterocycles. The molecule has 7 heteroatoms. The first-order chi connectivity index (χ1) is 18.3. The molecule has 2 unspecified atom stereocenters. The van der Waals surface area contributed by atoms with E-state index in [4.69, 9.17) is 12.2 Å². The Hall–Kier alpha value is -3.97. The Morgan fingerprint density at radius 3 is 2.47 bits per heavy atom. The van der Waals surface area contributed by atoms with Crippen LogP contribution in [0.2, 0.25) is 0 Å². The number of pyridine rings is 1. The number of thiocarbonyl (C=S) groups is 1. The Morgan fingerprint density at radius 1 is 0.974 bits per heavy atom. The summed E-state index contributed by atoms with van der Waals surface area (Å²) in [5, 5.41) is 7.16. The molecule has 2 atom stereocenters. The SMILES string of the molecule is Cc1ccc(-n2c(C)cc(C3C(c4ccccn4)NC(=S)N3CCC(=O)Nc3cccc(C)c3)c2C)cc1. The number of amides is 1. The van der Waals surface area contributed by atoms with Crippen molar-refractivity contribution in [1.29, 1.82) is 0 Å².